The van der Waals surface area contributed by atoms with Crippen molar-refractivity contribution in [1.82, 2.24) is 20.2 Å². The van der Waals surface area contributed by atoms with Crippen LogP contribution < -0.4 is 16.0 Å². The fourth-order valence-corrected chi connectivity index (χ4v) is 2.29. The number of rotatable bonds is 7. The molecule has 20 heavy (non-hydrogen) atoms. The zero-order valence-corrected chi connectivity index (χ0v) is 11.9. The molecule has 2 aromatic heterocycles. The molecule has 0 bridgehead atoms. The van der Waals surface area contributed by atoms with Crippen LogP contribution in [0.4, 0.5) is 0 Å². The van der Waals surface area contributed by atoms with Gasteiger partial charge < -0.3 is 4.74 Å². The molecule has 0 aliphatic heterocycles. The summed E-state index contributed by atoms with van der Waals surface area (Å²) in [5.41, 5.74) is 5.04. The Morgan fingerprint density at radius 3 is 2.90 bits per heavy atom. The third-order valence-electron chi connectivity index (χ3n) is 3.34. The van der Waals surface area contributed by atoms with Gasteiger partial charge in [0, 0.05) is 18.9 Å². The van der Waals surface area contributed by atoms with E-state index >= 15 is 0 Å². The molecule has 1 atom stereocenters. The molecule has 0 amide bonds. The monoisotopic (exact) mass is 275 g/mol. The van der Waals surface area contributed by atoms with E-state index in [0.717, 1.165) is 30.8 Å². The number of aryl methyl sites for hydroxylation is 2. The van der Waals surface area contributed by atoms with Crippen LogP contribution in [0, 0.1) is 0 Å². The fourth-order valence-electron chi connectivity index (χ4n) is 2.29. The van der Waals surface area contributed by atoms with Crippen molar-refractivity contribution < 1.29 is 4.74 Å². The summed E-state index contributed by atoms with van der Waals surface area (Å²) < 4.78 is 7.28. The fraction of sp³-hybridized carbons (Fsp3) is 0.429. The molecule has 0 saturated heterocycles. The van der Waals surface area contributed by atoms with E-state index in [1.807, 2.05) is 23.9 Å². The number of methoxy groups -OCH3 is 1. The maximum absolute atomic E-state index is 5.71. The van der Waals surface area contributed by atoms with Gasteiger partial charge in [0.15, 0.2) is 5.75 Å². The van der Waals surface area contributed by atoms with Gasteiger partial charge in [0.2, 0.25) is 0 Å². The maximum Gasteiger partial charge on any atom is 0.161 e. The third kappa shape index (κ3) is 3.15. The predicted molar refractivity (Wildman–Crippen MR) is 77.1 cm³/mol. The third-order valence-corrected chi connectivity index (χ3v) is 3.34. The van der Waals surface area contributed by atoms with Crippen molar-refractivity contribution in [3.8, 4) is 5.75 Å². The van der Waals surface area contributed by atoms with Gasteiger partial charge in [-0.15, -0.1) is 0 Å². The van der Waals surface area contributed by atoms with Gasteiger partial charge in [-0.2, -0.15) is 5.10 Å². The molecular weight excluding hydrogens is 254 g/mol. The van der Waals surface area contributed by atoms with Crippen molar-refractivity contribution >= 4 is 0 Å². The molecule has 1 unspecified atom stereocenters. The number of hydrazine groups is 1. The van der Waals surface area contributed by atoms with Crippen molar-refractivity contribution in [1.29, 1.82) is 0 Å². The van der Waals surface area contributed by atoms with E-state index in [9.17, 15) is 0 Å². The maximum atomic E-state index is 5.71. The summed E-state index contributed by atoms with van der Waals surface area (Å²) >= 11 is 0. The van der Waals surface area contributed by atoms with Crippen LogP contribution in [0.5, 0.6) is 5.75 Å². The summed E-state index contributed by atoms with van der Waals surface area (Å²) in [6.07, 6.45) is 7.12. The minimum absolute atomic E-state index is 0.00685. The van der Waals surface area contributed by atoms with E-state index < -0.39 is 0 Å². The normalized spacial score (nSPS) is 12.3. The number of ether oxygens (including phenoxy) is 1. The van der Waals surface area contributed by atoms with Crippen LogP contribution in [0.25, 0.3) is 0 Å². The zero-order valence-electron chi connectivity index (χ0n) is 11.9. The lowest BCUT2D eigenvalue weighted by molar-refractivity contribution is 0.386. The Bertz CT molecular complexity index is 504. The summed E-state index contributed by atoms with van der Waals surface area (Å²) in [6.45, 7) is 2.83. The molecule has 6 heteroatoms. The minimum atomic E-state index is -0.00685. The number of nitrogens with one attached hydrogen (secondary N) is 1. The Hall–Kier alpha value is -1.92. The SMILES string of the molecule is CCn1ncc(OC)c1C(CCc1cccnc1)NN. The average molecular weight is 275 g/mol. The van der Waals surface area contributed by atoms with Crippen molar-refractivity contribution in [3.63, 3.8) is 0 Å². The van der Waals surface area contributed by atoms with Crippen molar-refractivity contribution in [3.05, 3.63) is 42.0 Å². The highest BCUT2D eigenvalue weighted by molar-refractivity contribution is 5.28. The van der Waals surface area contributed by atoms with Gasteiger partial charge in [-0.1, -0.05) is 6.07 Å². The van der Waals surface area contributed by atoms with E-state index in [1.54, 1.807) is 19.5 Å². The summed E-state index contributed by atoms with van der Waals surface area (Å²) in [7, 11) is 1.65. The number of nitrogens with zero attached hydrogens (tertiary/aromatic N) is 3. The van der Waals surface area contributed by atoms with Gasteiger partial charge in [0.05, 0.1) is 25.0 Å². The second-order valence-electron chi connectivity index (χ2n) is 4.53. The first-order chi connectivity index (χ1) is 9.80. The highest BCUT2D eigenvalue weighted by atomic mass is 16.5. The summed E-state index contributed by atoms with van der Waals surface area (Å²) in [4.78, 5) is 4.12. The Morgan fingerprint density at radius 1 is 1.45 bits per heavy atom. The molecule has 6 nitrogen and oxygen atoms in total. The topological polar surface area (TPSA) is 78.0 Å². The number of nitrogens with two attached hydrogens (primary N) is 1. The molecule has 0 fully saturated rings. The number of aromatic nitrogens is 3. The molecule has 108 valence electrons. The van der Waals surface area contributed by atoms with E-state index in [2.05, 4.69) is 21.6 Å². The molecule has 0 aliphatic rings. The molecule has 0 spiro atoms. The van der Waals surface area contributed by atoms with Crippen LogP contribution in [-0.4, -0.2) is 21.9 Å². The molecule has 0 aliphatic carbocycles. The summed E-state index contributed by atoms with van der Waals surface area (Å²) in [6, 6.07) is 4.00. The molecule has 2 aromatic rings. The van der Waals surface area contributed by atoms with Crippen LogP contribution in [0.1, 0.15) is 30.6 Å². The number of hydrogen-bond acceptors (Lipinski definition) is 5. The molecular formula is C14H21N5O. The molecule has 0 saturated carbocycles. The first-order valence-electron chi connectivity index (χ1n) is 6.74. The lowest BCUT2D eigenvalue weighted by atomic mass is 10.0. The Morgan fingerprint density at radius 2 is 2.30 bits per heavy atom. The molecule has 2 heterocycles. The lowest BCUT2D eigenvalue weighted by Gasteiger charge is -2.18. The zero-order chi connectivity index (χ0) is 14.4. The van der Waals surface area contributed by atoms with Gasteiger partial charge in [-0.05, 0) is 31.4 Å². The quantitative estimate of drug-likeness (QED) is 0.590. The number of pyridine rings is 1. The van der Waals surface area contributed by atoms with Crippen LogP contribution in [0.2, 0.25) is 0 Å². The molecule has 0 aromatic carbocycles. The summed E-state index contributed by atoms with van der Waals surface area (Å²) in [5, 5.41) is 4.31. The highest BCUT2D eigenvalue weighted by Gasteiger charge is 2.20. The van der Waals surface area contributed by atoms with E-state index in [4.69, 9.17) is 10.6 Å². The van der Waals surface area contributed by atoms with Crippen LogP contribution >= 0.6 is 0 Å². The first kappa shape index (κ1) is 14.5. The average Bonchev–Trinajstić information content (AvgIpc) is 2.92. The largest absolute Gasteiger partial charge is 0.493 e. The van der Waals surface area contributed by atoms with Crippen molar-refractivity contribution in [2.24, 2.45) is 5.84 Å². The van der Waals surface area contributed by atoms with E-state index in [0.29, 0.717) is 0 Å². The molecule has 3 N–H and O–H groups in total. The van der Waals surface area contributed by atoms with E-state index in [-0.39, 0.29) is 6.04 Å². The summed E-state index contributed by atoms with van der Waals surface area (Å²) in [5.74, 6) is 6.48. The van der Waals surface area contributed by atoms with Gasteiger partial charge in [-0.25, -0.2) is 0 Å². The minimum Gasteiger partial charge on any atom is -0.493 e. The Kier molecular flexibility index (Phi) is 5.09. The lowest BCUT2D eigenvalue weighted by Crippen LogP contribution is -2.30. The van der Waals surface area contributed by atoms with Crippen LogP contribution in [-0.2, 0) is 13.0 Å². The Balaban J connectivity index is 2.13. The van der Waals surface area contributed by atoms with E-state index in [1.165, 1.54) is 5.56 Å². The number of hydrogen-bond donors (Lipinski definition) is 2. The molecule has 0 radical (unpaired) electrons. The van der Waals surface area contributed by atoms with Crippen molar-refractivity contribution in [2.45, 2.75) is 32.4 Å². The second kappa shape index (κ2) is 7.02. The van der Waals surface area contributed by atoms with Crippen molar-refractivity contribution in [2.75, 3.05) is 7.11 Å². The standard InChI is InChI=1S/C14H21N5O/c1-3-19-14(13(20-2)10-17-19)12(18-15)7-6-11-5-4-8-16-9-11/h4-5,8-10,12,18H,3,6-7,15H2,1-2H3. The van der Waals surface area contributed by atoms with Gasteiger partial charge in [0.1, 0.15) is 0 Å². The van der Waals surface area contributed by atoms with Gasteiger partial charge >= 0.3 is 0 Å². The molecule has 2 rings (SSSR count). The predicted octanol–water partition coefficient (Wildman–Crippen LogP) is 1.44. The van der Waals surface area contributed by atoms with Gasteiger partial charge in [0.25, 0.3) is 0 Å². The van der Waals surface area contributed by atoms with Crippen LogP contribution in [0.15, 0.2) is 30.7 Å². The highest BCUT2D eigenvalue weighted by Crippen LogP contribution is 2.27. The van der Waals surface area contributed by atoms with Gasteiger partial charge in [-0.3, -0.25) is 20.9 Å². The Labute approximate surface area is 118 Å². The first-order valence-corrected chi connectivity index (χ1v) is 6.74. The smallest absolute Gasteiger partial charge is 0.161 e. The second-order valence-corrected chi connectivity index (χ2v) is 4.53. The van der Waals surface area contributed by atoms with Crippen LogP contribution in [0.3, 0.4) is 0 Å².